The van der Waals surface area contributed by atoms with Gasteiger partial charge in [-0.1, -0.05) is 118 Å². The molecule has 16 rings (SSSR count). The smallest absolute Gasteiger partial charge is 0.870 e. The molecule has 8 aromatic carbocycles. The molecule has 0 amide bonds. The molecule has 0 radical (unpaired) electrons. The number of esters is 6. The van der Waals surface area contributed by atoms with Crippen LogP contribution in [0.4, 0.5) is 0 Å². The van der Waals surface area contributed by atoms with E-state index in [0.717, 1.165) is 122 Å². The normalized spacial score (nSPS) is 10.4. The predicted molar refractivity (Wildman–Crippen MR) is 602 cm³/mol. The first-order valence-corrected chi connectivity index (χ1v) is 57.2. The number of benzene rings is 8. The number of methoxy groups -OCH3 is 2. The number of hydrogen-bond acceptors (Lipinski definition) is 28. The molecule has 8 aromatic heterocycles. The summed E-state index contributed by atoms with van der Waals surface area (Å²) in [5.74, 6) is -8.19. The number of hydrogen-bond donors (Lipinski definition) is 4. The Morgan fingerprint density at radius 2 is 0.615 bits per heavy atom. The van der Waals surface area contributed by atoms with E-state index >= 15 is 0 Å². The molecule has 0 atom stereocenters. The summed E-state index contributed by atoms with van der Waals surface area (Å²) in [6.45, 7) is 8.08. The second-order valence-electron chi connectivity index (χ2n) is 30.0. The largest absolute Gasteiger partial charge is 1.00 e. The Labute approximate surface area is 945 Å². The summed E-state index contributed by atoms with van der Waals surface area (Å²) < 4.78 is 44.2. The molecule has 0 saturated heterocycles. The summed E-state index contributed by atoms with van der Waals surface area (Å²) in [6.07, 6.45) is 6.99. The number of nitrogens with zero attached hydrogens (tertiary/aromatic N) is 3. The standard InChI is InChI=1S/C16H17BrO4S.C13H11NO2S.C12H9BrO4S.C12H11BrO2S.C12H10INS.C12H11NOS.C11H9BrO2S.C9H6Br2S.C7H12O4.Na.H2O/c1-3-20-15(18)13(16(19)21-4-2)7-10-9-22-14-6-5-11(17)8-12(10)14;1-16-13(15)5-3-10-8-17-12-4-2-9(7-14)6-11(10)12;13-7-1-2-10-8(4-7)6(5-18-10)3-9(11(14)15)12(16)17;1-15-12(14)5-2-8-7-16-11-4-3-9(13)6-10(8)11;13-5-1-2-10-8-15-12-4-3-9(7-14)6-11(10)12;13-7-9-3-4-12-11(6-9)10(8-15-12)2-1-5-14;12-8-2-3-10-9(5-8)7(6-15-10)1-4-11(13)14;10-4-6-5-12-9-2-1-7(11)3-8(6)9;1-3-10-6(8)5-7(9)11-4-2;;/h5-6,8-9,13H,3-4,7H2,1-2H3;2,4,6,8H,3,5H2,1H3;1-2,4-5,9H,3H2,(H,14,15)(H,16,17);3-4,6-7H,2,5H2,1H3;3-4,6,8H,1-2,5H2;3-4,6,8,14H,1-2,5H2;2-3,5-6H,1,4H2,(H,13,14);1-3,5H,4H2;3-5H2,1-2H3;;1H2/q;;;;;;;;;+1;/p-1. The van der Waals surface area contributed by atoms with Gasteiger partial charge in [0.15, 0.2) is 11.8 Å². The van der Waals surface area contributed by atoms with E-state index in [4.69, 9.17) is 45.7 Å². The Bertz CT molecular complexity index is 6970. The molecule has 8 heterocycles. The Hall–Kier alpha value is -8.33. The molecular formula is C104H97Br6IN3NaO20S8. The molecule has 0 spiro atoms. The van der Waals surface area contributed by atoms with Gasteiger partial charge in [0.05, 0.1) is 75.5 Å². The number of fused-ring (bicyclic) bond motifs is 8. The van der Waals surface area contributed by atoms with E-state index in [1.54, 1.807) is 107 Å². The number of nitriles is 3. The van der Waals surface area contributed by atoms with Crippen LogP contribution in [-0.2, 0) is 122 Å². The molecule has 0 bridgehead atoms. The summed E-state index contributed by atoms with van der Waals surface area (Å²) in [5, 5.41) is 88.3. The molecule has 5 N–H and O–H groups in total. The number of ether oxygens (including phenoxy) is 6. The fourth-order valence-corrected chi connectivity index (χ4v) is 24.2. The number of alkyl halides is 2. The quantitative estimate of drug-likeness (QED) is 0.00811. The number of carbonyl (C=O) groups excluding carboxylic acids is 6. The van der Waals surface area contributed by atoms with E-state index in [9.17, 15) is 43.2 Å². The first-order valence-electron chi connectivity index (χ1n) is 43.5. The fraction of sp³-hybridized carbons (Fsp3) is 0.269. The molecule has 143 heavy (non-hydrogen) atoms. The summed E-state index contributed by atoms with van der Waals surface area (Å²) in [4.78, 5) is 99.8. The molecule has 746 valence electrons. The third-order valence-corrected chi connectivity index (χ3v) is 32.4. The first kappa shape index (κ1) is 123. The van der Waals surface area contributed by atoms with Gasteiger partial charge in [-0.25, -0.2) is 0 Å². The van der Waals surface area contributed by atoms with Crippen LogP contribution in [0.3, 0.4) is 0 Å². The summed E-state index contributed by atoms with van der Waals surface area (Å²) >= 11 is 36.3. The van der Waals surface area contributed by atoms with E-state index in [-0.39, 0.29) is 106 Å². The van der Waals surface area contributed by atoms with Crippen molar-refractivity contribution in [1.82, 2.24) is 0 Å². The van der Waals surface area contributed by atoms with Crippen molar-refractivity contribution in [3.05, 3.63) is 272 Å². The van der Waals surface area contributed by atoms with Crippen LogP contribution in [0, 0.1) is 45.8 Å². The van der Waals surface area contributed by atoms with Crippen molar-refractivity contribution in [2.45, 2.75) is 116 Å². The second-order valence-corrected chi connectivity index (χ2v) is 43.5. The van der Waals surface area contributed by atoms with Gasteiger partial charge < -0.3 is 54.3 Å². The van der Waals surface area contributed by atoms with Gasteiger partial charge in [-0.15, -0.1) is 90.7 Å². The van der Waals surface area contributed by atoms with Crippen LogP contribution in [-0.4, -0.2) is 131 Å². The average molecular weight is 2590 g/mol. The number of thiophene rings is 8. The molecule has 0 aliphatic heterocycles. The van der Waals surface area contributed by atoms with Crippen LogP contribution in [0.5, 0.6) is 0 Å². The molecule has 39 heteroatoms. The maximum absolute atomic E-state index is 12.1. The predicted octanol–water partition coefficient (Wildman–Crippen LogP) is 26.0. The van der Waals surface area contributed by atoms with Crippen molar-refractivity contribution in [1.29, 1.82) is 15.8 Å². The number of aliphatic hydroxyl groups is 1. The first-order chi connectivity index (χ1) is 67.9. The molecule has 0 saturated carbocycles. The topological polar surface area (TPSA) is 391 Å². The zero-order valence-electron chi connectivity index (χ0n) is 78.4. The van der Waals surface area contributed by atoms with Crippen LogP contribution in [0.2, 0.25) is 0 Å². The Morgan fingerprint density at radius 1 is 0.357 bits per heavy atom. The number of halogens is 7. The zero-order chi connectivity index (χ0) is 103. The third kappa shape index (κ3) is 39.4. The van der Waals surface area contributed by atoms with Crippen LogP contribution in [0.25, 0.3) is 80.7 Å². The maximum atomic E-state index is 12.1. The van der Waals surface area contributed by atoms with Crippen molar-refractivity contribution in [3.8, 4) is 18.2 Å². The van der Waals surface area contributed by atoms with Crippen molar-refractivity contribution < 1.29 is 127 Å². The van der Waals surface area contributed by atoms with Gasteiger partial charge in [-0.2, -0.15) is 15.8 Å². The SMILES string of the molecule is BrCc1csc2ccc(Br)cc12.CCOC(=O)C(Cc1csc2ccc(Br)cc12)C(=O)OCC.CCOC(=O)CC(=O)OCC.COC(=O)CCc1csc2ccc(Br)cc12.COC(=O)CCc1csc2ccc(C#N)cc12.N#Cc1ccc2scc(CCCI)c2c1.N#Cc1ccc2scc(CCCO)c2c1.O=C(O)C(Cc1csc2ccc(Br)cc12)C(=O)O.O=C(O)CCc1csc2ccc(Br)cc12.[Na+].[OH-]. The molecule has 16 aromatic rings. The molecule has 0 aliphatic carbocycles. The Morgan fingerprint density at radius 3 is 0.888 bits per heavy atom. The fourth-order valence-electron chi connectivity index (χ4n) is 13.6. The van der Waals surface area contributed by atoms with Crippen molar-refractivity contribution in [3.63, 3.8) is 0 Å². The van der Waals surface area contributed by atoms with Gasteiger partial charge in [0.1, 0.15) is 6.42 Å². The molecule has 0 fully saturated rings. The Kier molecular flexibility index (Phi) is 56.4. The molecule has 23 nitrogen and oxygen atoms in total. The van der Waals surface area contributed by atoms with Crippen molar-refractivity contribution in [2.24, 2.45) is 11.8 Å². The number of aliphatic hydroxyl groups excluding tert-OH is 1. The van der Waals surface area contributed by atoms with Gasteiger partial charge in [-0.3, -0.25) is 43.2 Å². The van der Waals surface area contributed by atoms with Gasteiger partial charge in [0.2, 0.25) is 0 Å². The third-order valence-electron chi connectivity index (χ3n) is 20.5. The molecule has 0 aliphatic rings. The Balaban J connectivity index is 0.000000247. The van der Waals surface area contributed by atoms with E-state index in [1.807, 2.05) is 137 Å². The van der Waals surface area contributed by atoms with E-state index in [2.05, 4.69) is 207 Å². The minimum absolute atomic E-state index is 0. The van der Waals surface area contributed by atoms with Crippen molar-refractivity contribution >= 4 is 343 Å². The molecule has 0 unspecified atom stereocenters. The number of aryl methyl sites for hydroxylation is 5. The monoisotopic (exact) mass is 2590 g/mol. The van der Waals surface area contributed by atoms with E-state index in [0.29, 0.717) is 36.8 Å². The van der Waals surface area contributed by atoms with Crippen LogP contribution < -0.4 is 29.6 Å². The van der Waals surface area contributed by atoms with E-state index in [1.165, 1.54) is 98.3 Å². The zero-order valence-corrected chi connectivity index (χ0v) is 98.6. The van der Waals surface area contributed by atoms with Crippen LogP contribution >= 0.6 is 209 Å². The summed E-state index contributed by atoms with van der Waals surface area (Å²) in [5.41, 5.74) is 11.3. The maximum Gasteiger partial charge on any atom is 1.00 e. The number of aliphatic carboxylic acids is 3. The molecular weight excluding hydrogens is 2500 g/mol. The minimum Gasteiger partial charge on any atom is -0.870 e. The van der Waals surface area contributed by atoms with Gasteiger partial charge in [0.25, 0.3) is 0 Å². The summed E-state index contributed by atoms with van der Waals surface area (Å²) in [6, 6.07) is 54.2. The van der Waals surface area contributed by atoms with Gasteiger partial charge >= 0.3 is 83.3 Å². The number of carbonyl (C=O) groups is 9. The van der Waals surface area contributed by atoms with Crippen molar-refractivity contribution in [2.75, 3.05) is 51.7 Å². The number of carboxylic acids is 3. The van der Waals surface area contributed by atoms with Crippen LogP contribution in [0.15, 0.2) is 211 Å². The summed E-state index contributed by atoms with van der Waals surface area (Å²) in [7, 11) is 2.81. The van der Waals surface area contributed by atoms with Gasteiger partial charge in [-0.05, 0) is 366 Å². The van der Waals surface area contributed by atoms with Gasteiger partial charge in [0, 0.05) is 91.2 Å². The number of rotatable bonds is 30. The second kappa shape index (κ2) is 65.4. The minimum atomic E-state index is -1.40. The van der Waals surface area contributed by atoms with E-state index < -0.39 is 53.6 Å². The van der Waals surface area contributed by atoms with Crippen LogP contribution in [0.1, 0.15) is 127 Å². The average Bonchev–Trinajstić information content (AvgIpc) is 1.68. The number of carboxylic acid groups (broad SMARTS) is 3.